The maximum Gasteiger partial charge on any atom is 0.266 e. The van der Waals surface area contributed by atoms with Crippen LogP contribution < -0.4 is 0 Å². The molecule has 0 fully saturated rings. The number of carbonyl (C=O) groups excluding carboxylic acids is 4. The molecule has 2 heterocycles. The fourth-order valence-electron chi connectivity index (χ4n) is 5.67. The van der Waals surface area contributed by atoms with Crippen molar-refractivity contribution >= 4 is 59.5 Å². The Morgan fingerprint density at radius 3 is 1.60 bits per heavy atom. The standard InChI is InChI=1S/C37H30N2O4/c1-7-13-24-19-27-26(17-22(24)10-4)34(40)32(35(27)41)30-16-15-21(9-3)33(38-30)31(12-6)39-36(42)28-18-23(11-5)25(14-8-2)20-29(28)37(39)43/h7-20,32H,3-5H2,1-2,6H3/b13-7-,14-8-,31-12+. The molecule has 0 N–H and O–H groups in total. The number of nitrogens with zero attached hydrogens (tertiary/aromatic N) is 2. The summed E-state index contributed by atoms with van der Waals surface area (Å²) in [6.07, 6.45) is 13.9. The van der Waals surface area contributed by atoms with Crippen molar-refractivity contribution in [2.24, 2.45) is 0 Å². The van der Waals surface area contributed by atoms with Crippen molar-refractivity contribution in [3.8, 4) is 0 Å². The number of pyridine rings is 1. The summed E-state index contributed by atoms with van der Waals surface area (Å²) in [6, 6.07) is 10.0. The van der Waals surface area contributed by atoms with E-state index in [9.17, 15) is 19.2 Å². The smallest absolute Gasteiger partial charge is 0.266 e. The molecule has 0 saturated carbocycles. The van der Waals surface area contributed by atoms with E-state index < -0.39 is 17.7 Å². The van der Waals surface area contributed by atoms with Crippen LogP contribution in [-0.4, -0.2) is 33.3 Å². The highest BCUT2D eigenvalue weighted by Gasteiger charge is 2.43. The molecule has 1 aromatic heterocycles. The van der Waals surface area contributed by atoms with Gasteiger partial charge in [-0.2, -0.15) is 0 Å². The third-order valence-corrected chi connectivity index (χ3v) is 7.72. The molecule has 0 bridgehead atoms. The van der Waals surface area contributed by atoms with Crippen LogP contribution >= 0.6 is 0 Å². The number of amides is 2. The molecule has 43 heavy (non-hydrogen) atoms. The van der Waals surface area contributed by atoms with Crippen LogP contribution in [0.3, 0.4) is 0 Å². The summed E-state index contributed by atoms with van der Waals surface area (Å²) in [6.45, 7) is 17.0. The van der Waals surface area contributed by atoms with E-state index in [0.717, 1.165) is 27.2 Å². The highest BCUT2D eigenvalue weighted by atomic mass is 16.2. The molecule has 212 valence electrons. The van der Waals surface area contributed by atoms with Gasteiger partial charge in [-0.15, -0.1) is 0 Å². The van der Waals surface area contributed by atoms with Crippen LogP contribution in [-0.2, 0) is 0 Å². The molecule has 2 aliphatic rings. The van der Waals surface area contributed by atoms with Crippen molar-refractivity contribution in [2.45, 2.75) is 26.7 Å². The lowest BCUT2D eigenvalue weighted by atomic mass is 9.97. The Kier molecular flexibility index (Phi) is 7.70. The predicted octanol–water partition coefficient (Wildman–Crippen LogP) is 7.90. The summed E-state index contributed by atoms with van der Waals surface area (Å²) in [7, 11) is 0. The molecule has 2 aromatic carbocycles. The Labute approximate surface area is 250 Å². The molecular weight excluding hydrogens is 536 g/mol. The lowest BCUT2D eigenvalue weighted by Gasteiger charge is -2.20. The minimum absolute atomic E-state index is 0.222. The minimum Gasteiger partial charge on any atom is -0.293 e. The first-order valence-electron chi connectivity index (χ1n) is 13.9. The largest absolute Gasteiger partial charge is 0.293 e. The Morgan fingerprint density at radius 1 is 0.674 bits per heavy atom. The first-order chi connectivity index (χ1) is 20.7. The van der Waals surface area contributed by atoms with Crippen LogP contribution in [0.5, 0.6) is 0 Å². The molecule has 0 radical (unpaired) electrons. The summed E-state index contributed by atoms with van der Waals surface area (Å²) in [4.78, 5) is 60.5. The zero-order valence-electron chi connectivity index (χ0n) is 24.3. The maximum atomic E-state index is 13.7. The van der Waals surface area contributed by atoms with E-state index in [2.05, 4.69) is 19.7 Å². The van der Waals surface area contributed by atoms with E-state index in [1.165, 1.54) is 0 Å². The average Bonchev–Trinajstić information content (AvgIpc) is 3.40. The van der Waals surface area contributed by atoms with Crippen LogP contribution in [0, 0.1) is 0 Å². The molecule has 3 aromatic rings. The number of allylic oxidation sites excluding steroid dienone is 3. The summed E-state index contributed by atoms with van der Waals surface area (Å²) in [5.41, 5.74) is 5.45. The second kappa shape index (κ2) is 11.4. The van der Waals surface area contributed by atoms with Crippen molar-refractivity contribution in [3.05, 3.63) is 136 Å². The number of Topliss-reactive ketones (excluding diaryl/α,β-unsaturated/α-hetero) is 2. The van der Waals surface area contributed by atoms with Gasteiger partial charge in [0.1, 0.15) is 5.92 Å². The van der Waals surface area contributed by atoms with E-state index in [1.54, 1.807) is 67.6 Å². The van der Waals surface area contributed by atoms with Crippen molar-refractivity contribution in [1.82, 2.24) is 9.88 Å². The first kappa shape index (κ1) is 29.0. The van der Waals surface area contributed by atoms with E-state index in [0.29, 0.717) is 16.7 Å². The number of benzene rings is 2. The van der Waals surface area contributed by atoms with Gasteiger partial charge in [0, 0.05) is 16.7 Å². The molecule has 1 unspecified atom stereocenters. The average molecular weight is 567 g/mol. The number of rotatable bonds is 8. The molecule has 1 atom stereocenters. The zero-order valence-corrected chi connectivity index (χ0v) is 24.3. The molecule has 0 saturated heterocycles. The lowest BCUT2D eigenvalue weighted by molar-refractivity contribution is 0.0733. The summed E-state index contributed by atoms with van der Waals surface area (Å²) < 4.78 is 0. The second-order valence-corrected chi connectivity index (χ2v) is 10.1. The SMILES string of the molecule is C=Cc1cc2c(cc1/C=C\C)C(=O)C(c1ccc(C=C)c(/C(=C\C)N3C(=O)c4cc(C=C)c(/C=C\C)cc4C3=O)n1)C2=O. The van der Waals surface area contributed by atoms with Crippen LogP contribution in [0.2, 0.25) is 0 Å². The Morgan fingerprint density at radius 2 is 1.14 bits per heavy atom. The van der Waals surface area contributed by atoms with E-state index in [1.807, 2.05) is 38.2 Å². The van der Waals surface area contributed by atoms with E-state index >= 15 is 0 Å². The maximum absolute atomic E-state index is 13.7. The fraction of sp³-hybridized carbons (Fsp3) is 0.108. The third-order valence-electron chi connectivity index (χ3n) is 7.72. The van der Waals surface area contributed by atoms with Gasteiger partial charge in [0.2, 0.25) is 0 Å². The molecule has 6 heteroatoms. The Balaban J connectivity index is 1.60. The number of carbonyl (C=O) groups is 4. The van der Waals surface area contributed by atoms with Gasteiger partial charge in [0.05, 0.1) is 28.2 Å². The topological polar surface area (TPSA) is 84.4 Å². The van der Waals surface area contributed by atoms with Gasteiger partial charge in [0.25, 0.3) is 11.8 Å². The minimum atomic E-state index is -1.16. The lowest BCUT2D eigenvalue weighted by Crippen LogP contribution is -2.29. The number of aromatic nitrogens is 1. The molecule has 6 nitrogen and oxygen atoms in total. The number of hydrogen-bond acceptors (Lipinski definition) is 5. The Bertz CT molecular complexity index is 1890. The molecule has 2 amide bonds. The second-order valence-electron chi connectivity index (χ2n) is 10.1. The normalized spacial score (nSPS) is 16.4. The highest BCUT2D eigenvalue weighted by molar-refractivity contribution is 6.30. The Hall–Kier alpha value is -5.49. The van der Waals surface area contributed by atoms with Crippen molar-refractivity contribution < 1.29 is 19.2 Å². The van der Waals surface area contributed by atoms with Crippen molar-refractivity contribution in [3.63, 3.8) is 0 Å². The predicted molar refractivity (Wildman–Crippen MR) is 172 cm³/mol. The number of hydrogen-bond donors (Lipinski definition) is 0. The number of fused-ring (bicyclic) bond motifs is 2. The molecule has 5 rings (SSSR count). The van der Waals surface area contributed by atoms with Gasteiger partial charge in [-0.05, 0) is 73.4 Å². The highest BCUT2D eigenvalue weighted by Crippen LogP contribution is 2.38. The fourth-order valence-corrected chi connectivity index (χ4v) is 5.67. The van der Waals surface area contributed by atoms with Gasteiger partial charge in [-0.1, -0.05) is 74.4 Å². The van der Waals surface area contributed by atoms with Crippen molar-refractivity contribution in [2.75, 3.05) is 0 Å². The van der Waals surface area contributed by atoms with Gasteiger partial charge in [0.15, 0.2) is 11.6 Å². The van der Waals surface area contributed by atoms with Gasteiger partial charge in [-0.25, -0.2) is 9.88 Å². The van der Waals surface area contributed by atoms with E-state index in [4.69, 9.17) is 4.98 Å². The van der Waals surface area contributed by atoms with E-state index in [-0.39, 0.29) is 39.8 Å². The summed E-state index contributed by atoms with van der Waals surface area (Å²) in [5.74, 6) is -2.88. The molecule has 1 aliphatic heterocycles. The van der Waals surface area contributed by atoms with Gasteiger partial charge < -0.3 is 0 Å². The zero-order chi connectivity index (χ0) is 31.0. The van der Waals surface area contributed by atoms with Crippen LogP contribution in [0.15, 0.2) is 74.4 Å². The first-order valence-corrected chi connectivity index (χ1v) is 13.9. The van der Waals surface area contributed by atoms with Crippen LogP contribution in [0.25, 0.3) is 36.1 Å². The number of ketones is 2. The third kappa shape index (κ3) is 4.57. The quantitative estimate of drug-likeness (QED) is 0.204. The summed E-state index contributed by atoms with van der Waals surface area (Å²) in [5, 5.41) is 0. The number of imide groups is 1. The molecule has 0 spiro atoms. The molecule has 1 aliphatic carbocycles. The monoisotopic (exact) mass is 566 g/mol. The van der Waals surface area contributed by atoms with Gasteiger partial charge >= 0.3 is 0 Å². The van der Waals surface area contributed by atoms with Crippen LogP contribution in [0.4, 0.5) is 0 Å². The molecular formula is C37H30N2O4. The van der Waals surface area contributed by atoms with Crippen LogP contribution in [0.1, 0.15) is 107 Å². The van der Waals surface area contributed by atoms with Crippen molar-refractivity contribution in [1.29, 1.82) is 0 Å². The summed E-state index contributed by atoms with van der Waals surface area (Å²) >= 11 is 0. The van der Waals surface area contributed by atoms with Gasteiger partial charge in [-0.3, -0.25) is 19.2 Å².